The summed E-state index contributed by atoms with van der Waals surface area (Å²) in [7, 11) is 1.39. The molecule has 4 nitrogen and oxygen atoms in total. The van der Waals surface area contributed by atoms with Gasteiger partial charge in [0.25, 0.3) is 0 Å². The van der Waals surface area contributed by atoms with Crippen molar-refractivity contribution in [3.8, 4) is 5.75 Å². The molecule has 1 aliphatic rings. The summed E-state index contributed by atoms with van der Waals surface area (Å²) in [6.45, 7) is 0. The number of benzene rings is 1. The van der Waals surface area contributed by atoms with Crippen molar-refractivity contribution in [1.29, 1.82) is 0 Å². The van der Waals surface area contributed by atoms with Crippen molar-refractivity contribution >= 4 is 5.97 Å². The molecule has 1 unspecified atom stereocenters. The molecule has 1 N–H and O–H groups in total. The van der Waals surface area contributed by atoms with E-state index in [1.807, 2.05) is 0 Å². The first-order valence-electron chi connectivity index (χ1n) is 4.57. The van der Waals surface area contributed by atoms with Crippen LogP contribution >= 0.6 is 0 Å². The molecule has 0 spiro atoms. The fourth-order valence-electron chi connectivity index (χ4n) is 1.49. The molecule has 0 saturated carbocycles. The Kier molecular flexibility index (Phi) is 2.52. The molecular formula is C11H9FO4. The molecule has 2 rings (SSSR count). The molecule has 0 amide bonds. The molecule has 0 fully saturated rings. The number of hydrogen-bond acceptors (Lipinski definition) is 4. The third kappa shape index (κ3) is 1.71. The molecular weight excluding hydrogens is 215 g/mol. The first-order valence-corrected chi connectivity index (χ1v) is 4.57. The third-order valence-electron chi connectivity index (χ3n) is 2.25. The zero-order valence-corrected chi connectivity index (χ0v) is 8.44. The first-order chi connectivity index (χ1) is 7.61. The Morgan fingerprint density at radius 1 is 1.50 bits per heavy atom. The quantitative estimate of drug-likeness (QED) is 0.779. The second-order valence-corrected chi connectivity index (χ2v) is 3.26. The SMILES string of the molecule is COc1cc(F)ccc1C1C=C(O)C(=O)O1. The summed E-state index contributed by atoms with van der Waals surface area (Å²) in [5.41, 5.74) is 0.487. The van der Waals surface area contributed by atoms with Crippen molar-refractivity contribution in [3.63, 3.8) is 0 Å². The fourth-order valence-corrected chi connectivity index (χ4v) is 1.49. The summed E-state index contributed by atoms with van der Waals surface area (Å²) < 4.78 is 22.7. The van der Waals surface area contributed by atoms with E-state index in [-0.39, 0.29) is 5.75 Å². The van der Waals surface area contributed by atoms with E-state index >= 15 is 0 Å². The Hall–Kier alpha value is -2.04. The standard InChI is InChI=1S/C11H9FO4/c1-15-9-4-6(12)2-3-7(9)10-5-8(13)11(14)16-10/h2-5,10,13H,1H3. The minimum absolute atomic E-state index is 0.267. The number of methoxy groups -OCH3 is 1. The van der Waals surface area contributed by atoms with Crippen LogP contribution in [0.15, 0.2) is 30.0 Å². The molecule has 1 heterocycles. The maximum absolute atomic E-state index is 12.9. The number of esters is 1. The summed E-state index contributed by atoms with van der Waals surface area (Å²) in [6, 6.07) is 3.86. The minimum atomic E-state index is -0.795. The van der Waals surface area contributed by atoms with Crippen LogP contribution < -0.4 is 4.74 Å². The molecule has 1 aliphatic heterocycles. The van der Waals surface area contributed by atoms with Gasteiger partial charge in [-0.05, 0) is 12.1 Å². The van der Waals surface area contributed by atoms with E-state index in [0.717, 1.165) is 0 Å². The highest BCUT2D eigenvalue weighted by molar-refractivity contribution is 5.88. The molecule has 0 radical (unpaired) electrons. The van der Waals surface area contributed by atoms with Crippen LogP contribution in [0.2, 0.25) is 0 Å². The molecule has 84 valence electrons. The molecule has 0 aromatic heterocycles. The Bertz CT molecular complexity index is 467. The summed E-state index contributed by atoms with van der Waals surface area (Å²) in [5, 5.41) is 9.12. The average molecular weight is 224 g/mol. The topological polar surface area (TPSA) is 55.8 Å². The van der Waals surface area contributed by atoms with E-state index in [1.54, 1.807) is 0 Å². The van der Waals surface area contributed by atoms with E-state index in [0.29, 0.717) is 5.56 Å². The number of aliphatic hydroxyl groups is 1. The largest absolute Gasteiger partial charge is 0.502 e. The van der Waals surface area contributed by atoms with E-state index in [1.165, 1.54) is 31.4 Å². The van der Waals surface area contributed by atoms with Crippen molar-refractivity contribution in [1.82, 2.24) is 0 Å². The van der Waals surface area contributed by atoms with Crippen molar-refractivity contribution in [2.24, 2.45) is 0 Å². The second kappa shape index (κ2) is 3.84. The number of halogens is 1. The number of carbonyl (C=O) groups is 1. The van der Waals surface area contributed by atoms with Gasteiger partial charge >= 0.3 is 5.97 Å². The van der Waals surface area contributed by atoms with Crippen molar-refractivity contribution < 1.29 is 23.8 Å². The minimum Gasteiger partial charge on any atom is -0.502 e. The van der Waals surface area contributed by atoms with Gasteiger partial charge in [-0.3, -0.25) is 0 Å². The highest BCUT2D eigenvalue weighted by Crippen LogP contribution is 2.33. The predicted molar refractivity (Wildman–Crippen MR) is 52.5 cm³/mol. The molecule has 0 saturated heterocycles. The molecule has 0 aliphatic carbocycles. The highest BCUT2D eigenvalue weighted by Gasteiger charge is 2.28. The number of aliphatic hydroxyl groups excluding tert-OH is 1. The van der Waals surface area contributed by atoms with Crippen LogP contribution in [0.4, 0.5) is 4.39 Å². The van der Waals surface area contributed by atoms with Crippen molar-refractivity contribution in [3.05, 3.63) is 41.4 Å². The molecule has 1 aromatic rings. The van der Waals surface area contributed by atoms with Gasteiger partial charge in [-0.2, -0.15) is 0 Å². The number of carbonyl (C=O) groups excluding carboxylic acids is 1. The highest BCUT2D eigenvalue weighted by atomic mass is 19.1. The lowest BCUT2D eigenvalue weighted by Crippen LogP contribution is -2.03. The van der Waals surface area contributed by atoms with Crippen LogP contribution in [0.25, 0.3) is 0 Å². The van der Waals surface area contributed by atoms with E-state index in [2.05, 4.69) is 0 Å². The Morgan fingerprint density at radius 2 is 2.25 bits per heavy atom. The van der Waals surface area contributed by atoms with E-state index in [9.17, 15) is 9.18 Å². The third-order valence-corrected chi connectivity index (χ3v) is 2.25. The zero-order valence-electron chi connectivity index (χ0n) is 8.44. The van der Waals surface area contributed by atoms with E-state index < -0.39 is 23.6 Å². The summed E-state index contributed by atoms with van der Waals surface area (Å²) in [6.07, 6.45) is 0.515. The summed E-state index contributed by atoms with van der Waals surface area (Å²) in [5.74, 6) is -1.42. The number of ether oxygens (including phenoxy) is 2. The lowest BCUT2D eigenvalue weighted by molar-refractivity contribution is -0.142. The normalized spacial score (nSPS) is 19.2. The molecule has 16 heavy (non-hydrogen) atoms. The fraction of sp³-hybridized carbons (Fsp3) is 0.182. The zero-order chi connectivity index (χ0) is 11.7. The van der Waals surface area contributed by atoms with Gasteiger partial charge in [0.1, 0.15) is 11.6 Å². The van der Waals surface area contributed by atoms with Gasteiger partial charge in [-0.25, -0.2) is 9.18 Å². The van der Waals surface area contributed by atoms with Crippen molar-refractivity contribution in [2.75, 3.05) is 7.11 Å². The maximum atomic E-state index is 12.9. The van der Waals surface area contributed by atoms with Crippen LogP contribution in [0.3, 0.4) is 0 Å². The predicted octanol–water partition coefficient (Wildman–Crippen LogP) is 1.87. The van der Waals surface area contributed by atoms with Crippen LogP contribution in [0.5, 0.6) is 5.75 Å². The van der Waals surface area contributed by atoms with Crippen LogP contribution in [-0.4, -0.2) is 18.2 Å². The maximum Gasteiger partial charge on any atom is 0.374 e. The number of cyclic esters (lactones) is 1. The summed E-state index contributed by atoms with van der Waals surface area (Å²) in [4.78, 5) is 11.0. The van der Waals surface area contributed by atoms with Crippen LogP contribution in [0, 0.1) is 5.82 Å². The second-order valence-electron chi connectivity index (χ2n) is 3.26. The lowest BCUT2D eigenvalue weighted by Gasteiger charge is -2.12. The van der Waals surface area contributed by atoms with Gasteiger partial charge in [0.2, 0.25) is 5.76 Å². The van der Waals surface area contributed by atoms with Crippen molar-refractivity contribution in [2.45, 2.75) is 6.10 Å². The van der Waals surface area contributed by atoms with Gasteiger partial charge in [0, 0.05) is 17.7 Å². The molecule has 0 bridgehead atoms. The number of rotatable bonds is 2. The van der Waals surface area contributed by atoms with E-state index in [4.69, 9.17) is 14.6 Å². The molecule has 5 heteroatoms. The van der Waals surface area contributed by atoms with Gasteiger partial charge in [0.15, 0.2) is 6.10 Å². The van der Waals surface area contributed by atoms with Gasteiger partial charge in [0.05, 0.1) is 7.11 Å². The molecule has 1 aromatic carbocycles. The Morgan fingerprint density at radius 3 is 2.81 bits per heavy atom. The van der Waals surface area contributed by atoms with Crippen LogP contribution in [0.1, 0.15) is 11.7 Å². The molecule has 1 atom stereocenters. The first kappa shape index (κ1) is 10.5. The lowest BCUT2D eigenvalue weighted by atomic mass is 10.1. The Labute approximate surface area is 90.9 Å². The average Bonchev–Trinajstić information content (AvgIpc) is 2.59. The summed E-state index contributed by atoms with van der Waals surface area (Å²) >= 11 is 0. The smallest absolute Gasteiger partial charge is 0.374 e. The number of hydrogen-bond donors (Lipinski definition) is 1. The van der Waals surface area contributed by atoms with Gasteiger partial charge < -0.3 is 14.6 Å². The Balaban J connectivity index is 2.38. The van der Waals surface area contributed by atoms with Crippen LogP contribution in [-0.2, 0) is 9.53 Å². The van der Waals surface area contributed by atoms with Gasteiger partial charge in [-0.1, -0.05) is 0 Å². The van der Waals surface area contributed by atoms with Gasteiger partial charge in [-0.15, -0.1) is 0 Å². The monoisotopic (exact) mass is 224 g/mol.